The van der Waals surface area contributed by atoms with E-state index in [-0.39, 0.29) is 13.2 Å². The Labute approximate surface area is 126 Å². The Hall–Kier alpha value is -1.39. The molecule has 0 spiro atoms. The first-order chi connectivity index (χ1) is 10.1. The van der Waals surface area contributed by atoms with Crippen LogP contribution in [-0.4, -0.2) is 37.5 Å². The maximum absolute atomic E-state index is 12.1. The molecule has 21 heavy (non-hydrogen) atoms. The molecular formula is C15H20N2O3S. The molecule has 6 heteroatoms. The first kappa shape index (κ1) is 16.0. The number of benzene rings is 1. The van der Waals surface area contributed by atoms with Crippen molar-refractivity contribution in [2.45, 2.75) is 25.8 Å². The highest BCUT2D eigenvalue weighted by molar-refractivity contribution is 7.87. The van der Waals surface area contributed by atoms with Gasteiger partial charge in [-0.15, -0.1) is 0 Å². The summed E-state index contributed by atoms with van der Waals surface area (Å²) < 4.78 is 28.4. The van der Waals surface area contributed by atoms with Crippen LogP contribution in [0.2, 0.25) is 0 Å². The highest BCUT2D eigenvalue weighted by atomic mass is 32.2. The SMILES string of the molecule is O=S(=O)(NCc1ccc(C#CCO)cc1)N1CCCCC1. The monoisotopic (exact) mass is 308 g/mol. The van der Waals surface area contributed by atoms with E-state index in [9.17, 15) is 8.42 Å². The fourth-order valence-corrected chi connectivity index (χ4v) is 3.49. The van der Waals surface area contributed by atoms with Gasteiger partial charge in [-0.3, -0.25) is 0 Å². The molecule has 2 N–H and O–H groups in total. The minimum absolute atomic E-state index is 0.169. The van der Waals surface area contributed by atoms with Crippen molar-refractivity contribution in [1.82, 2.24) is 9.03 Å². The molecule has 0 saturated carbocycles. The van der Waals surface area contributed by atoms with Crippen molar-refractivity contribution in [1.29, 1.82) is 0 Å². The summed E-state index contributed by atoms with van der Waals surface area (Å²) in [5, 5.41) is 8.62. The van der Waals surface area contributed by atoms with Gasteiger partial charge < -0.3 is 5.11 Å². The molecular weight excluding hydrogens is 288 g/mol. The smallest absolute Gasteiger partial charge is 0.279 e. The van der Waals surface area contributed by atoms with Crippen molar-refractivity contribution >= 4 is 10.2 Å². The van der Waals surface area contributed by atoms with Crippen molar-refractivity contribution in [3.8, 4) is 11.8 Å². The van der Waals surface area contributed by atoms with E-state index >= 15 is 0 Å². The van der Waals surface area contributed by atoms with Gasteiger partial charge in [0.1, 0.15) is 6.61 Å². The lowest BCUT2D eigenvalue weighted by atomic mass is 10.1. The largest absolute Gasteiger partial charge is 0.384 e. The van der Waals surface area contributed by atoms with E-state index in [1.807, 2.05) is 24.3 Å². The third kappa shape index (κ3) is 4.83. The molecule has 1 aromatic rings. The Morgan fingerprint density at radius 1 is 1.14 bits per heavy atom. The standard InChI is InChI=1S/C15H20N2O3S/c18-12-4-5-14-6-8-15(9-7-14)13-16-21(19,20)17-10-2-1-3-11-17/h6-9,16,18H,1-3,10-13H2. The molecule has 1 aromatic carbocycles. The van der Waals surface area contributed by atoms with Crippen LogP contribution in [0, 0.1) is 11.8 Å². The van der Waals surface area contributed by atoms with Gasteiger partial charge >= 0.3 is 0 Å². The summed E-state index contributed by atoms with van der Waals surface area (Å²) >= 11 is 0. The van der Waals surface area contributed by atoms with E-state index in [0.29, 0.717) is 13.1 Å². The van der Waals surface area contributed by atoms with Crippen LogP contribution in [-0.2, 0) is 16.8 Å². The molecule has 0 amide bonds. The third-order valence-electron chi connectivity index (χ3n) is 3.38. The lowest BCUT2D eigenvalue weighted by Gasteiger charge is -2.25. The van der Waals surface area contributed by atoms with Gasteiger partial charge in [0, 0.05) is 25.2 Å². The van der Waals surface area contributed by atoms with Crippen LogP contribution in [0.25, 0.3) is 0 Å². The molecule has 0 aromatic heterocycles. The van der Waals surface area contributed by atoms with Gasteiger partial charge in [0.05, 0.1) is 0 Å². The predicted octanol–water partition coefficient (Wildman–Crippen LogP) is 0.851. The van der Waals surface area contributed by atoms with Gasteiger partial charge in [-0.1, -0.05) is 30.4 Å². The van der Waals surface area contributed by atoms with E-state index in [1.165, 1.54) is 4.31 Å². The Morgan fingerprint density at radius 3 is 2.43 bits per heavy atom. The molecule has 0 atom stereocenters. The number of aliphatic hydroxyl groups excluding tert-OH is 1. The second-order valence-electron chi connectivity index (χ2n) is 4.94. The summed E-state index contributed by atoms with van der Waals surface area (Å²) in [5.74, 6) is 5.37. The van der Waals surface area contributed by atoms with Gasteiger partial charge in [0.15, 0.2) is 0 Å². The Morgan fingerprint density at radius 2 is 1.81 bits per heavy atom. The molecule has 1 fully saturated rings. The second kappa shape index (κ2) is 7.57. The Kier molecular flexibility index (Phi) is 5.76. The molecule has 5 nitrogen and oxygen atoms in total. The number of piperidine rings is 1. The van der Waals surface area contributed by atoms with E-state index in [4.69, 9.17) is 5.11 Å². The molecule has 0 radical (unpaired) electrons. The summed E-state index contributed by atoms with van der Waals surface area (Å²) in [6.45, 7) is 1.31. The molecule has 0 aliphatic carbocycles. The zero-order valence-electron chi connectivity index (χ0n) is 11.9. The maximum atomic E-state index is 12.1. The van der Waals surface area contributed by atoms with Crippen molar-refractivity contribution in [3.63, 3.8) is 0 Å². The average Bonchev–Trinajstić information content (AvgIpc) is 2.53. The normalized spacial score (nSPS) is 16.2. The summed E-state index contributed by atoms with van der Waals surface area (Å²) in [7, 11) is -3.38. The van der Waals surface area contributed by atoms with Gasteiger partial charge in [-0.25, -0.2) is 0 Å². The van der Waals surface area contributed by atoms with Crippen LogP contribution in [0.15, 0.2) is 24.3 Å². The number of hydrogen-bond donors (Lipinski definition) is 2. The van der Waals surface area contributed by atoms with E-state index in [2.05, 4.69) is 16.6 Å². The van der Waals surface area contributed by atoms with Gasteiger partial charge in [0.25, 0.3) is 10.2 Å². The molecule has 1 heterocycles. The Balaban J connectivity index is 1.92. The molecule has 2 rings (SSSR count). The third-order valence-corrected chi connectivity index (χ3v) is 4.93. The minimum Gasteiger partial charge on any atom is -0.384 e. The molecule has 1 aliphatic rings. The van der Waals surface area contributed by atoms with E-state index in [1.54, 1.807) is 0 Å². The number of hydrogen-bond acceptors (Lipinski definition) is 3. The quantitative estimate of drug-likeness (QED) is 0.810. The first-order valence-corrected chi connectivity index (χ1v) is 8.49. The average molecular weight is 308 g/mol. The molecule has 0 bridgehead atoms. The summed E-state index contributed by atoms with van der Waals surface area (Å²) in [6, 6.07) is 7.29. The number of rotatable bonds is 4. The fraction of sp³-hybridized carbons (Fsp3) is 0.467. The Bertz CT molecular complexity index is 609. The van der Waals surface area contributed by atoms with E-state index < -0.39 is 10.2 Å². The minimum atomic E-state index is -3.38. The van der Waals surface area contributed by atoms with Crippen molar-refractivity contribution in [2.24, 2.45) is 0 Å². The summed E-state index contributed by atoms with van der Waals surface area (Å²) in [4.78, 5) is 0. The zero-order valence-corrected chi connectivity index (χ0v) is 12.7. The van der Waals surface area contributed by atoms with Crippen molar-refractivity contribution < 1.29 is 13.5 Å². The first-order valence-electron chi connectivity index (χ1n) is 7.05. The van der Waals surface area contributed by atoms with Gasteiger partial charge in [-0.2, -0.15) is 17.4 Å². The van der Waals surface area contributed by atoms with Crippen LogP contribution < -0.4 is 4.72 Å². The van der Waals surface area contributed by atoms with Crippen LogP contribution in [0.4, 0.5) is 0 Å². The highest BCUT2D eigenvalue weighted by Gasteiger charge is 2.22. The van der Waals surface area contributed by atoms with Crippen LogP contribution in [0.5, 0.6) is 0 Å². The highest BCUT2D eigenvalue weighted by Crippen LogP contribution is 2.12. The second-order valence-corrected chi connectivity index (χ2v) is 6.70. The lowest BCUT2D eigenvalue weighted by Crippen LogP contribution is -2.43. The number of nitrogens with one attached hydrogen (secondary N) is 1. The van der Waals surface area contributed by atoms with Crippen molar-refractivity contribution in [3.05, 3.63) is 35.4 Å². The predicted molar refractivity (Wildman–Crippen MR) is 81.6 cm³/mol. The van der Waals surface area contributed by atoms with Gasteiger partial charge in [-0.05, 0) is 30.5 Å². The topological polar surface area (TPSA) is 69.6 Å². The molecule has 114 valence electrons. The lowest BCUT2D eigenvalue weighted by molar-refractivity contribution is 0.341. The molecule has 1 saturated heterocycles. The van der Waals surface area contributed by atoms with Crippen LogP contribution >= 0.6 is 0 Å². The maximum Gasteiger partial charge on any atom is 0.279 e. The van der Waals surface area contributed by atoms with E-state index in [0.717, 1.165) is 30.4 Å². The number of nitrogens with zero attached hydrogens (tertiary/aromatic N) is 1. The fourth-order valence-electron chi connectivity index (χ4n) is 2.22. The summed E-state index contributed by atoms with van der Waals surface area (Å²) in [6.07, 6.45) is 2.96. The molecule has 0 unspecified atom stereocenters. The van der Waals surface area contributed by atoms with Crippen LogP contribution in [0.3, 0.4) is 0 Å². The van der Waals surface area contributed by atoms with Crippen LogP contribution in [0.1, 0.15) is 30.4 Å². The zero-order chi connectivity index (χ0) is 15.1. The number of aliphatic hydroxyl groups is 1. The van der Waals surface area contributed by atoms with Crippen molar-refractivity contribution in [2.75, 3.05) is 19.7 Å². The summed E-state index contributed by atoms with van der Waals surface area (Å²) in [5.41, 5.74) is 1.68. The molecule has 1 aliphatic heterocycles. The van der Waals surface area contributed by atoms with Gasteiger partial charge in [0.2, 0.25) is 0 Å².